The average molecular weight is 337 g/mol. The number of nitrogens with one attached hydrogen (secondary N) is 1. The molecule has 20 heavy (non-hydrogen) atoms. The third-order valence-electron chi connectivity index (χ3n) is 2.62. The summed E-state index contributed by atoms with van der Waals surface area (Å²) in [5.74, 6) is 0.585. The van der Waals surface area contributed by atoms with Gasteiger partial charge in [-0.2, -0.15) is 5.10 Å². The Hall–Kier alpha value is -2.15. The molecule has 0 spiro atoms. The van der Waals surface area contributed by atoms with Gasteiger partial charge >= 0.3 is 0 Å². The number of carbonyl (C=O) groups is 1. The van der Waals surface area contributed by atoms with E-state index in [0.29, 0.717) is 5.56 Å². The molecule has 0 unspecified atom stereocenters. The first kappa shape index (κ1) is 14.3. The van der Waals surface area contributed by atoms with Gasteiger partial charge in [-0.25, -0.2) is 10.4 Å². The van der Waals surface area contributed by atoms with Gasteiger partial charge in [-0.1, -0.05) is 15.9 Å². The summed E-state index contributed by atoms with van der Waals surface area (Å²) >= 11 is 3.29. The first-order valence-corrected chi connectivity index (χ1v) is 6.63. The molecule has 0 aliphatic rings. The number of phenols is 1. The number of nitrogens with zero attached hydrogens (tertiary/aromatic N) is 3. The number of aryl methyl sites for hydroxylation is 1. The van der Waals surface area contributed by atoms with E-state index in [1.54, 1.807) is 35.2 Å². The van der Waals surface area contributed by atoms with Crippen molar-refractivity contribution >= 4 is 28.1 Å². The maximum absolute atomic E-state index is 11.7. The van der Waals surface area contributed by atoms with Gasteiger partial charge in [-0.15, -0.1) is 0 Å². The number of hydrogen-bond acceptors (Lipinski definition) is 4. The van der Waals surface area contributed by atoms with Crippen LogP contribution in [0.25, 0.3) is 0 Å². The molecular formula is C13H13BrN4O2. The Morgan fingerprint density at radius 1 is 1.60 bits per heavy atom. The molecule has 0 fully saturated rings. The van der Waals surface area contributed by atoms with E-state index in [4.69, 9.17) is 0 Å². The summed E-state index contributed by atoms with van der Waals surface area (Å²) in [6.45, 7) is 1.96. The van der Waals surface area contributed by atoms with E-state index in [1.807, 2.05) is 6.92 Å². The van der Waals surface area contributed by atoms with Gasteiger partial charge in [0.15, 0.2) is 0 Å². The van der Waals surface area contributed by atoms with E-state index in [1.165, 1.54) is 6.21 Å². The molecule has 0 atom stereocenters. The number of aromatic nitrogens is 2. The summed E-state index contributed by atoms with van der Waals surface area (Å²) in [5.41, 5.74) is 2.91. The minimum Gasteiger partial charge on any atom is -0.507 e. The van der Waals surface area contributed by atoms with E-state index in [0.717, 1.165) is 10.3 Å². The highest BCUT2D eigenvalue weighted by molar-refractivity contribution is 9.10. The van der Waals surface area contributed by atoms with Crippen LogP contribution in [0.3, 0.4) is 0 Å². The molecule has 2 N–H and O–H groups in total. The Balaban J connectivity index is 1.94. The van der Waals surface area contributed by atoms with E-state index in [-0.39, 0.29) is 18.2 Å². The highest BCUT2D eigenvalue weighted by atomic mass is 79.9. The minimum atomic E-state index is -0.267. The normalized spacial score (nSPS) is 10.9. The Morgan fingerprint density at radius 3 is 3.10 bits per heavy atom. The zero-order valence-electron chi connectivity index (χ0n) is 10.7. The zero-order valence-corrected chi connectivity index (χ0v) is 12.3. The van der Waals surface area contributed by atoms with Gasteiger partial charge in [-0.05, 0) is 25.1 Å². The van der Waals surface area contributed by atoms with E-state index in [2.05, 4.69) is 31.4 Å². The molecular weight excluding hydrogens is 324 g/mol. The fraction of sp³-hybridized carbons (Fsp3) is 0.154. The van der Waals surface area contributed by atoms with Crippen LogP contribution in [0.4, 0.5) is 0 Å². The van der Waals surface area contributed by atoms with Gasteiger partial charge in [0.1, 0.15) is 18.1 Å². The second-order valence-corrected chi connectivity index (χ2v) is 5.01. The average Bonchev–Trinajstić information content (AvgIpc) is 2.79. The van der Waals surface area contributed by atoms with Crippen molar-refractivity contribution in [3.63, 3.8) is 0 Å². The Bertz CT molecular complexity index is 652. The number of phenolic OH excluding ortho intramolecular Hbond substituents is 1. The molecule has 1 aromatic carbocycles. The number of aromatic hydroxyl groups is 1. The summed E-state index contributed by atoms with van der Waals surface area (Å²) in [5, 5.41) is 13.4. The summed E-state index contributed by atoms with van der Waals surface area (Å²) in [6, 6.07) is 4.96. The fourth-order valence-corrected chi connectivity index (χ4v) is 1.94. The largest absolute Gasteiger partial charge is 0.507 e. The Labute approximate surface area is 124 Å². The van der Waals surface area contributed by atoms with Crippen LogP contribution in [-0.2, 0) is 11.3 Å². The monoisotopic (exact) mass is 336 g/mol. The van der Waals surface area contributed by atoms with Crippen molar-refractivity contribution in [1.29, 1.82) is 0 Å². The number of hydrogen-bond donors (Lipinski definition) is 2. The molecule has 6 nitrogen and oxygen atoms in total. The quantitative estimate of drug-likeness (QED) is 0.660. The van der Waals surface area contributed by atoms with Crippen molar-refractivity contribution in [3.8, 4) is 5.75 Å². The molecule has 0 saturated heterocycles. The van der Waals surface area contributed by atoms with Gasteiger partial charge in [-0.3, -0.25) is 4.79 Å². The number of carbonyl (C=O) groups excluding carboxylic acids is 1. The van der Waals surface area contributed by atoms with E-state index in [9.17, 15) is 9.90 Å². The summed E-state index contributed by atoms with van der Waals surface area (Å²) in [4.78, 5) is 15.7. The lowest BCUT2D eigenvalue weighted by Gasteiger charge is -2.03. The molecule has 104 valence electrons. The van der Waals surface area contributed by atoms with Gasteiger partial charge in [0.2, 0.25) is 0 Å². The highest BCUT2D eigenvalue weighted by Gasteiger charge is 2.04. The van der Waals surface area contributed by atoms with Gasteiger partial charge in [0.25, 0.3) is 5.91 Å². The third-order valence-corrected chi connectivity index (χ3v) is 3.11. The van der Waals surface area contributed by atoms with Crippen LogP contribution in [0, 0.1) is 6.92 Å². The molecule has 2 aromatic rings. The molecule has 0 saturated carbocycles. The summed E-state index contributed by atoms with van der Waals surface area (Å²) in [7, 11) is 0. The first-order valence-electron chi connectivity index (χ1n) is 5.84. The number of rotatable bonds is 4. The number of benzene rings is 1. The zero-order chi connectivity index (χ0) is 14.5. The van der Waals surface area contributed by atoms with Crippen molar-refractivity contribution in [2.75, 3.05) is 0 Å². The fourth-order valence-electron chi connectivity index (χ4n) is 1.56. The maximum atomic E-state index is 11.7. The molecule has 1 aromatic heterocycles. The molecule has 1 heterocycles. The predicted octanol–water partition coefficient (Wildman–Crippen LogP) is 1.81. The van der Waals surface area contributed by atoms with Crippen LogP contribution >= 0.6 is 15.9 Å². The second kappa shape index (κ2) is 6.33. The lowest BCUT2D eigenvalue weighted by atomic mass is 10.2. The first-order chi connectivity index (χ1) is 9.56. The molecule has 0 bridgehead atoms. The SMILES string of the molecule is Cc1nccn1CC(=O)N/N=C\c1cc(Br)ccc1O. The molecule has 0 aliphatic carbocycles. The summed E-state index contributed by atoms with van der Waals surface area (Å²) in [6.07, 6.45) is 4.74. The smallest absolute Gasteiger partial charge is 0.260 e. The standard InChI is InChI=1S/C13H13BrN4O2/c1-9-15-4-5-18(9)8-13(20)17-16-7-10-6-11(14)2-3-12(10)19/h2-7,19H,8H2,1H3,(H,17,20)/b16-7-. The lowest BCUT2D eigenvalue weighted by Crippen LogP contribution is -2.23. The van der Waals surface area contributed by atoms with Crippen LogP contribution in [0.5, 0.6) is 5.75 Å². The second-order valence-electron chi connectivity index (χ2n) is 4.10. The van der Waals surface area contributed by atoms with Gasteiger partial charge in [0.05, 0.1) is 6.21 Å². The van der Waals surface area contributed by atoms with Crippen LogP contribution in [0.1, 0.15) is 11.4 Å². The van der Waals surface area contributed by atoms with E-state index >= 15 is 0 Å². The Kier molecular flexibility index (Phi) is 4.52. The molecule has 7 heteroatoms. The Morgan fingerprint density at radius 2 is 2.40 bits per heavy atom. The van der Waals surface area contributed by atoms with Crippen molar-refractivity contribution in [2.45, 2.75) is 13.5 Å². The van der Waals surface area contributed by atoms with Crippen molar-refractivity contribution < 1.29 is 9.90 Å². The van der Waals surface area contributed by atoms with Crippen molar-refractivity contribution in [2.24, 2.45) is 5.10 Å². The van der Waals surface area contributed by atoms with Gasteiger partial charge in [0, 0.05) is 22.4 Å². The maximum Gasteiger partial charge on any atom is 0.260 e. The van der Waals surface area contributed by atoms with Crippen LogP contribution in [0.2, 0.25) is 0 Å². The molecule has 0 aliphatic heterocycles. The van der Waals surface area contributed by atoms with Crippen molar-refractivity contribution in [3.05, 3.63) is 46.5 Å². The van der Waals surface area contributed by atoms with Crippen LogP contribution in [-0.4, -0.2) is 26.8 Å². The number of imidazole rings is 1. The topological polar surface area (TPSA) is 79.5 Å². The number of hydrazone groups is 1. The summed E-state index contributed by atoms with van der Waals surface area (Å²) < 4.78 is 2.53. The third kappa shape index (κ3) is 3.67. The van der Waals surface area contributed by atoms with Crippen LogP contribution in [0.15, 0.2) is 40.2 Å². The van der Waals surface area contributed by atoms with Crippen molar-refractivity contribution in [1.82, 2.24) is 15.0 Å². The van der Waals surface area contributed by atoms with Gasteiger partial charge < -0.3 is 9.67 Å². The lowest BCUT2D eigenvalue weighted by molar-refractivity contribution is -0.121. The molecule has 2 rings (SSSR count). The molecule has 0 radical (unpaired) electrons. The number of halogens is 1. The number of amides is 1. The highest BCUT2D eigenvalue weighted by Crippen LogP contribution is 2.19. The minimum absolute atomic E-state index is 0.0941. The van der Waals surface area contributed by atoms with E-state index < -0.39 is 0 Å². The van der Waals surface area contributed by atoms with Crippen LogP contribution < -0.4 is 5.43 Å². The molecule has 1 amide bonds. The predicted molar refractivity (Wildman–Crippen MR) is 78.5 cm³/mol.